The molecule has 0 radical (unpaired) electrons. The third-order valence-corrected chi connectivity index (χ3v) is 3.88. The van der Waals surface area contributed by atoms with Gasteiger partial charge >= 0.3 is 7.12 Å². The van der Waals surface area contributed by atoms with Crippen LogP contribution in [-0.4, -0.2) is 18.3 Å². The van der Waals surface area contributed by atoms with Gasteiger partial charge in [-0.3, -0.25) is 0 Å². The second-order valence-corrected chi connectivity index (χ2v) is 6.21. The summed E-state index contributed by atoms with van der Waals surface area (Å²) >= 11 is 0. The van der Waals surface area contributed by atoms with Gasteiger partial charge in [-0.2, -0.15) is 0 Å². The minimum atomic E-state index is -0.325. The van der Waals surface area contributed by atoms with Crippen LogP contribution >= 0.6 is 0 Å². The van der Waals surface area contributed by atoms with Crippen LogP contribution in [0.15, 0.2) is 23.7 Å². The molecule has 1 aliphatic rings. The van der Waals surface area contributed by atoms with Crippen molar-refractivity contribution in [2.45, 2.75) is 59.7 Å². The van der Waals surface area contributed by atoms with Crippen molar-refractivity contribution in [3.05, 3.63) is 23.7 Å². The van der Waals surface area contributed by atoms with Gasteiger partial charge in [0.05, 0.1) is 11.2 Å². The first-order valence-electron chi connectivity index (χ1n) is 6.29. The third-order valence-electron chi connectivity index (χ3n) is 3.88. The highest BCUT2D eigenvalue weighted by Crippen LogP contribution is 2.38. The van der Waals surface area contributed by atoms with E-state index in [0.717, 1.165) is 5.47 Å². The first-order chi connectivity index (χ1) is 7.57. The van der Waals surface area contributed by atoms with Crippen LogP contribution in [0.3, 0.4) is 0 Å². The quantitative estimate of drug-likeness (QED) is 0.548. The van der Waals surface area contributed by atoms with E-state index in [9.17, 15) is 0 Å². The fourth-order valence-corrected chi connectivity index (χ4v) is 1.52. The molecule has 0 spiro atoms. The van der Waals surface area contributed by atoms with Crippen molar-refractivity contribution in [1.29, 1.82) is 0 Å². The van der Waals surface area contributed by atoms with Gasteiger partial charge in [0.25, 0.3) is 0 Å². The van der Waals surface area contributed by atoms with Crippen LogP contribution in [0.4, 0.5) is 0 Å². The second-order valence-electron chi connectivity index (χ2n) is 6.21. The first-order valence-corrected chi connectivity index (χ1v) is 6.29. The van der Waals surface area contributed by atoms with Gasteiger partial charge in [-0.15, -0.1) is 0 Å². The number of rotatable bonds is 3. The van der Waals surface area contributed by atoms with Crippen molar-refractivity contribution in [3.8, 4) is 0 Å². The van der Waals surface area contributed by atoms with Crippen molar-refractivity contribution < 1.29 is 9.31 Å². The molecular weight excluding hydrogens is 211 g/mol. The highest BCUT2D eigenvalue weighted by atomic mass is 16.7. The van der Waals surface area contributed by atoms with E-state index in [-0.39, 0.29) is 18.3 Å². The molecule has 1 saturated heterocycles. The number of allylic oxidation sites excluding steroid dienone is 3. The fraction of sp³-hybridized carbons (Fsp3) is 0.714. The Morgan fingerprint density at radius 3 is 1.88 bits per heavy atom. The van der Waals surface area contributed by atoms with Crippen LogP contribution in [0.25, 0.3) is 0 Å². The molecule has 2 nitrogen and oxygen atoms in total. The Kier molecular flexibility index (Phi) is 3.95. The summed E-state index contributed by atoms with van der Waals surface area (Å²) in [5.41, 5.74) is 1.61. The summed E-state index contributed by atoms with van der Waals surface area (Å²) in [6.07, 6.45) is 2.08. The zero-order chi connectivity index (χ0) is 13.4. The van der Waals surface area contributed by atoms with E-state index in [2.05, 4.69) is 61.1 Å². The summed E-state index contributed by atoms with van der Waals surface area (Å²) in [5, 5.41) is 0. The fourth-order valence-electron chi connectivity index (χ4n) is 1.52. The average molecular weight is 236 g/mol. The molecular formula is C14H25BO2. The van der Waals surface area contributed by atoms with Gasteiger partial charge < -0.3 is 9.31 Å². The van der Waals surface area contributed by atoms with E-state index in [1.165, 1.54) is 5.57 Å². The normalized spacial score (nSPS) is 23.3. The summed E-state index contributed by atoms with van der Waals surface area (Å²) < 4.78 is 11.9. The zero-order valence-electron chi connectivity index (χ0n) is 12.3. The summed E-state index contributed by atoms with van der Waals surface area (Å²) in [7, 11) is -0.325. The topological polar surface area (TPSA) is 18.5 Å². The highest BCUT2D eigenvalue weighted by molar-refractivity contribution is 6.55. The van der Waals surface area contributed by atoms with Gasteiger partial charge in [0.2, 0.25) is 0 Å². The minimum absolute atomic E-state index is 0.291. The Bertz CT molecular complexity index is 324. The van der Waals surface area contributed by atoms with Gasteiger partial charge in [0, 0.05) is 0 Å². The SMILES string of the molecule is C=C(/C=C(\C)C(C)C)B1OC(C)(C)C(C)(C)O1. The van der Waals surface area contributed by atoms with E-state index in [4.69, 9.17) is 9.31 Å². The van der Waals surface area contributed by atoms with E-state index in [1.54, 1.807) is 0 Å². The van der Waals surface area contributed by atoms with E-state index >= 15 is 0 Å². The molecule has 0 aromatic rings. The molecule has 1 heterocycles. The van der Waals surface area contributed by atoms with E-state index in [0.29, 0.717) is 5.92 Å². The lowest BCUT2D eigenvalue weighted by molar-refractivity contribution is 0.00578. The Morgan fingerprint density at radius 2 is 1.53 bits per heavy atom. The Morgan fingerprint density at radius 1 is 1.12 bits per heavy atom. The molecule has 1 aliphatic heterocycles. The molecule has 0 aromatic carbocycles. The van der Waals surface area contributed by atoms with Crippen LogP contribution in [0.5, 0.6) is 0 Å². The monoisotopic (exact) mass is 236 g/mol. The second kappa shape index (κ2) is 4.62. The lowest BCUT2D eigenvalue weighted by atomic mass is 9.78. The molecule has 0 aromatic heterocycles. The van der Waals surface area contributed by atoms with Gasteiger partial charge in [-0.05, 0) is 46.0 Å². The van der Waals surface area contributed by atoms with E-state index in [1.807, 2.05) is 0 Å². The van der Waals surface area contributed by atoms with Gasteiger partial charge in [0.1, 0.15) is 0 Å². The van der Waals surface area contributed by atoms with Crippen molar-refractivity contribution in [3.63, 3.8) is 0 Å². The van der Waals surface area contributed by atoms with Crippen molar-refractivity contribution in [1.82, 2.24) is 0 Å². The van der Waals surface area contributed by atoms with E-state index < -0.39 is 0 Å². The van der Waals surface area contributed by atoms with Gasteiger partial charge in [-0.1, -0.05) is 32.1 Å². The first kappa shape index (κ1) is 14.5. The lowest BCUT2D eigenvalue weighted by Gasteiger charge is -2.32. The van der Waals surface area contributed by atoms with Crippen LogP contribution in [0, 0.1) is 5.92 Å². The molecule has 0 unspecified atom stereocenters. The van der Waals surface area contributed by atoms with Crippen LogP contribution in [-0.2, 0) is 9.31 Å². The Labute approximate surface area is 106 Å². The van der Waals surface area contributed by atoms with Crippen LogP contribution in [0.2, 0.25) is 0 Å². The molecule has 0 amide bonds. The van der Waals surface area contributed by atoms with Crippen LogP contribution < -0.4 is 0 Å². The predicted octanol–water partition coefficient (Wildman–Crippen LogP) is 3.78. The molecule has 3 heteroatoms. The number of hydrogen-bond acceptors (Lipinski definition) is 2. The van der Waals surface area contributed by atoms with Gasteiger partial charge in [0.15, 0.2) is 0 Å². The van der Waals surface area contributed by atoms with Crippen molar-refractivity contribution in [2.24, 2.45) is 5.92 Å². The zero-order valence-corrected chi connectivity index (χ0v) is 12.3. The lowest BCUT2D eigenvalue weighted by Crippen LogP contribution is -2.41. The number of hydrogen-bond donors (Lipinski definition) is 0. The standard InChI is InChI=1S/C14H25BO2/c1-10(2)11(3)9-12(4)15-16-13(5,6)14(7,8)17-15/h9-10H,4H2,1-3,5-8H3/b11-9+. The van der Waals surface area contributed by atoms with Crippen molar-refractivity contribution >= 4 is 7.12 Å². The molecule has 96 valence electrons. The Balaban J connectivity index is 2.79. The summed E-state index contributed by atoms with van der Waals surface area (Å²) in [4.78, 5) is 0. The largest absolute Gasteiger partial charge is 0.494 e. The van der Waals surface area contributed by atoms with Crippen LogP contribution in [0.1, 0.15) is 48.5 Å². The maximum Gasteiger partial charge on any atom is 0.494 e. The molecule has 0 N–H and O–H groups in total. The Hall–Kier alpha value is -0.535. The molecule has 0 bridgehead atoms. The molecule has 1 fully saturated rings. The highest BCUT2D eigenvalue weighted by Gasteiger charge is 2.51. The molecule has 0 aliphatic carbocycles. The summed E-state index contributed by atoms with van der Waals surface area (Å²) in [6.45, 7) is 18.7. The predicted molar refractivity (Wildman–Crippen MR) is 73.8 cm³/mol. The molecule has 0 atom stereocenters. The molecule has 0 saturated carbocycles. The average Bonchev–Trinajstić information content (AvgIpc) is 2.35. The maximum absolute atomic E-state index is 5.94. The van der Waals surface area contributed by atoms with Gasteiger partial charge in [-0.25, -0.2) is 0 Å². The summed E-state index contributed by atoms with van der Waals surface area (Å²) in [6, 6.07) is 0. The third kappa shape index (κ3) is 3.02. The summed E-state index contributed by atoms with van der Waals surface area (Å²) in [5.74, 6) is 0.522. The smallest absolute Gasteiger partial charge is 0.399 e. The molecule has 1 rings (SSSR count). The van der Waals surface area contributed by atoms with Crippen molar-refractivity contribution in [2.75, 3.05) is 0 Å². The minimum Gasteiger partial charge on any atom is -0.399 e. The molecule has 17 heavy (non-hydrogen) atoms. The maximum atomic E-state index is 5.94.